The van der Waals surface area contributed by atoms with Crippen LogP contribution in [-0.2, 0) is 0 Å². The Morgan fingerprint density at radius 2 is 1.63 bits per heavy atom. The minimum Gasteiger partial charge on any atom is -0.507 e. The number of nitrogens with one attached hydrogen (secondary N) is 2. The number of carbonyl (C=O) groups is 1. The van der Waals surface area contributed by atoms with E-state index in [0.29, 0.717) is 16.7 Å². The van der Waals surface area contributed by atoms with Crippen LogP contribution < -0.4 is 10.6 Å². The average molecular weight is 399 g/mol. The molecule has 0 bridgehead atoms. The molecule has 0 spiro atoms. The van der Waals surface area contributed by atoms with Crippen LogP contribution in [0.15, 0.2) is 66.7 Å². The van der Waals surface area contributed by atoms with Gasteiger partial charge >= 0.3 is 0 Å². The van der Waals surface area contributed by atoms with E-state index < -0.39 is 0 Å². The number of fused-ring (bicyclic) bond motifs is 1. The number of para-hydroxylation sites is 1. The van der Waals surface area contributed by atoms with Gasteiger partial charge in [-0.05, 0) is 63.1 Å². The van der Waals surface area contributed by atoms with Gasteiger partial charge in [0.05, 0.1) is 11.1 Å². The Labute approximate surface area is 177 Å². The third-order valence-corrected chi connectivity index (χ3v) is 5.36. The second-order valence-corrected chi connectivity index (χ2v) is 8.42. The Morgan fingerprint density at radius 3 is 2.33 bits per heavy atom. The minimum atomic E-state index is -0.210. The van der Waals surface area contributed by atoms with Crippen molar-refractivity contribution < 1.29 is 9.90 Å². The average Bonchev–Trinajstić information content (AvgIpc) is 2.68. The molecule has 3 aromatic carbocycles. The van der Waals surface area contributed by atoms with Crippen molar-refractivity contribution in [3.8, 4) is 16.9 Å². The van der Waals surface area contributed by atoms with E-state index in [0.717, 1.165) is 28.1 Å². The first-order chi connectivity index (χ1) is 14.2. The van der Waals surface area contributed by atoms with Crippen LogP contribution in [0.5, 0.6) is 5.75 Å². The summed E-state index contributed by atoms with van der Waals surface area (Å²) in [7, 11) is 0. The van der Waals surface area contributed by atoms with E-state index in [9.17, 15) is 9.90 Å². The molecule has 0 saturated carbocycles. The van der Waals surface area contributed by atoms with Gasteiger partial charge < -0.3 is 15.7 Å². The van der Waals surface area contributed by atoms with Crippen LogP contribution in [0.2, 0.25) is 0 Å². The number of aromatic hydroxyl groups is 1. The predicted octanol–water partition coefficient (Wildman–Crippen LogP) is 6.23. The van der Waals surface area contributed by atoms with Crippen LogP contribution >= 0.6 is 0 Å². The fraction of sp³-hybridized carbons (Fsp3) is 0.192. The first kappa shape index (κ1) is 19.8. The summed E-state index contributed by atoms with van der Waals surface area (Å²) >= 11 is 0. The predicted molar refractivity (Wildman–Crippen MR) is 124 cm³/mol. The van der Waals surface area contributed by atoms with E-state index in [1.807, 2.05) is 62.4 Å². The molecule has 0 fully saturated rings. The van der Waals surface area contributed by atoms with Crippen LogP contribution in [0.25, 0.3) is 16.7 Å². The molecule has 4 heteroatoms. The van der Waals surface area contributed by atoms with Crippen molar-refractivity contribution in [2.75, 3.05) is 10.6 Å². The largest absolute Gasteiger partial charge is 0.507 e. The maximum atomic E-state index is 13.5. The lowest BCUT2D eigenvalue weighted by molar-refractivity contribution is 0.102. The van der Waals surface area contributed by atoms with Gasteiger partial charge in [0, 0.05) is 22.5 Å². The zero-order valence-electron chi connectivity index (χ0n) is 17.7. The lowest BCUT2D eigenvalue weighted by Gasteiger charge is -2.33. The number of phenols is 1. The van der Waals surface area contributed by atoms with Crippen molar-refractivity contribution in [3.05, 3.63) is 83.4 Å². The molecular formula is C26H26N2O2. The molecular weight excluding hydrogens is 372 g/mol. The summed E-state index contributed by atoms with van der Waals surface area (Å²) in [5.74, 6) is -0.0595. The van der Waals surface area contributed by atoms with Gasteiger partial charge in [-0.25, -0.2) is 0 Å². The normalized spacial score (nSPS) is 14.3. The quantitative estimate of drug-likeness (QED) is 0.490. The zero-order chi connectivity index (χ0) is 21.5. The smallest absolute Gasteiger partial charge is 0.256 e. The number of carbonyl (C=O) groups excluding carboxylic acids is 1. The van der Waals surface area contributed by atoms with Crippen LogP contribution in [-0.4, -0.2) is 16.6 Å². The minimum absolute atomic E-state index is 0.146. The first-order valence-electron chi connectivity index (χ1n) is 10.1. The Bertz CT molecular complexity index is 1160. The molecule has 0 radical (unpaired) electrons. The Balaban J connectivity index is 1.90. The number of allylic oxidation sites excluding steroid dienone is 1. The van der Waals surface area contributed by atoms with E-state index in [1.165, 1.54) is 0 Å². The highest BCUT2D eigenvalue weighted by Crippen LogP contribution is 2.42. The summed E-state index contributed by atoms with van der Waals surface area (Å²) in [6.45, 7) is 8.24. The van der Waals surface area contributed by atoms with Crippen LogP contribution in [0, 0.1) is 6.92 Å². The van der Waals surface area contributed by atoms with Gasteiger partial charge in [-0.1, -0.05) is 48.0 Å². The number of amides is 1. The van der Waals surface area contributed by atoms with Crippen molar-refractivity contribution >= 4 is 22.9 Å². The fourth-order valence-electron chi connectivity index (χ4n) is 4.11. The molecule has 1 aliphatic rings. The summed E-state index contributed by atoms with van der Waals surface area (Å²) in [5.41, 5.74) is 6.33. The van der Waals surface area contributed by atoms with E-state index in [1.54, 1.807) is 12.1 Å². The number of phenolic OH excluding ortho intramolecular Hbond substituents is 1. The molecule has 1 heterocycles. The molecule has 4 nitrogen and oxygen atoms in total. The highest BCUT2D eigenvalue weighted by molar-refractivity contribution is 6.14. The molecule has 1 aliphatic heterocycles. The Hall–Kier alpha value is -3.53. The molecule has 0 aromatic heterocycles. The highest BCUT2D eigenvalue weighted by Gasteiger charge is 2.29. The van der Waals surface area contributed by atoms with Gasteiger partial charge in [0.15, 0.2) is 0 Å². The molecule has 152 valence electrons. The molecule has 0 saturated heterocycles. The number of hydrogen-bond donors (Lipinski definition) is 3. The van der Waals surface area contributed by atoms with Gasteiger partial charge in [-0.15, -0.1) is 0 Å². The zero-order valence-corrected chi connectivity index (χ0v) is 17.7. The summed E-state index contributed by atoms with van der Waals surface area (Å²) in [6, 6.07) is 18.7. The van der Waals surface area contributed by atoms with Crippen LogP contribution in [0.3, 0.4) is 0 Å². The third-order valence-electron chi connectivity index (χ3n) is 5.36. The van der Waals surface area contributed by atoms with E-state index in [4.69, 9.17) is 0 Å². The maximum Gasteiger partial charge on any atom is 0.256 e. The van der Waals surface area contributed by atoms with Crippen molar-refractivity contribution in [2.45, 2.75) is 33.2 Å². The van der Waals surface area contributed by atoms with Crippen molar-refractivity contribution in [1.82, 2.24) is 0 Å². The van der Waals surface area contributed by atoms with Gasteiger partial charge in [0.2, 0.25) is 0 Å². The number of hydrogen-bond acceptors (Lipinski definition) is 3. The first-order valence-corrected chi connectivity index (χ1v) is 10.1. The Kier molecular flexibility index (Phi) is 4.86. The van der Waals surface area contributed by atoms with Crippen LogP contribution in [0.1, 0.15) is 42.3 Å². The second-order valence-electron chi connectivity index (χ2n) is 8.42. The van der Waals surface area contributed by atoms with Crippen molar-refractivity contribution in [1.29, 1.82) is 0 Å². The molecule has 1 amide bonds. The van der Waals surface area contributed by atoms with Crippen molar-refractivity contribution in [2.24, 2.45) is 0 Å². The monoisotopic (exact) mass is 398 g/mol. The summed E-state index contributed by atoms with van der Waals surface area (Å²) < 4.78 is 0. The number of aryl methyl sites for hydroxylation is 1. The standard InChI is InChI=1S/C26H26N2O2/c1-16-9-11-18(12-10-16)27-25(30)24-20(19-7-5-6-8-22(19)29)13-14-21-23(24)17(2)15-26(3,4)28-21/h5-15,28-29H,1-4H3,(H,27,30). The number of benzene rings is 3. The van der Waals surface area contributed by atoms with E-state index in [2.05, 4.69) is 30.6 Å². The molecule has 3 aromatic rings. The van der Waals surface area contributed by atoms with E-state index in [-0.39, 0.29) is 17.2 Å². The van der Waals surface area contributed by atoms with Crippen molar-refractivity contribution in [3.63, 3.8) is 0 Å². The summed E-state index contributed by atoms with van der Waals surface area (Å²) in [4.78, 5) is 13.5. The lowest BCUT2D eigenvalue weighted by Crippen LogP contribution is -2.32. The molecule has 0 atom stereocenters. The highest BCUT2D eigenvalue weighted by atomic mass is 16.3. The second kappa shape index (κ2) is 7.38. The summed E-state index contributed by atoms with van der Waals surface area (Å²) in [5, 5.41) is 17.0. The van der Waals surface area contributed by atoms with Gasteiger partial charge in [0.25, 0.3) is 5.91 Å². The Morgan fingerprint density at radius 1 is 0.933 bits per heavy atom. The van der Waals surface area contributed by atoms with Gasteiger partial charge in [-0.3, -0.25) is 4.79 Å². The van der Waals surface area contributed by atoms with Gasteiger partial charge in [0.1, 0.15) is 5.75 Å². The molecule has 4 rings (SSSR count). The molecule has 0 aliphatic carbocycles. The van der Waals surface area contributed by atoms with Crippen LogP contribution in [0.4, 0.5) is 11.4 Å². The molecule has 0 unspecified atom stereocenters. The molecule has 3 N–H and O–H groups in total. The van der Waals surface area contributed by atoms with E-state index >= 15 is 0 Å². The maximum absolute atomic E-state index is 13.5. The summed E-state index contributed by atoms with van der Waals surface area (Å²) in [6.07, 6.45) is 2.13. The van der Waals surface area contributed by atoms with Gasteiger partial charge in [-0.2, -0.15) is 0 Å². The SMILES string of the molecule is CC1=CC(C)(C)Nc2ccc(-c3ccccc3O)c(C(=O)Nc3ccc(C)cc3)c21. The lowest BCUT2D eigenvalue weighted by atomic mass is 9.84. The number of rotatable bonds is 3. The fourth-order valence-corrected chi connectivity index (χ4v) is 4.11. The topological polar surface area (TPSA) is 61.4 Å². The molecule has 30 heavy (non-hydrogen) atoms. The number of anilines is 2. The third kappa shape index (κ3) is 3.69.